The van der Waals surface area contributed by atoms with Gasteiger partial charge < -0.3 is 10.1 Å². The smallest absolute Gasteiger partial charge is 0.141 e. The molecule has 5 heteroatoms. The summed E-state index contributed by atoms with van der Waals surface area (Å²) in [5.41, 5.74) is 1.68. The van der Waals surface area contributed by atoms with E-state index in [2.05, 4.69) is 15.3 Å². The molecule has 0 spiro atoms. The Morgan fingerprint density at radius 2 is 1.76 bits per heavy atom. The summed E-state index contributed by atoms with van der Waals surface area (Å²) >= 11 is 0. The Morgan fingerprint density at radius 1 is 1.10 bits per heavy atom. The van der Waals surface area contributed by atoms with Crippen molar-refractivity contribution in [2.45, 2.75) is 32.9 Å². The topological polar surface area (TPSA) is 47.0 Å². The molecule has 4 nitrogen and oxygen atoms in total. The second-order valence-corrected chi connectivity index (χ2v) is 5.05. The zero-order valence-electron chi connectivity index (χ0n) is 12.5. The van der Waals surface area contributed by atoms with Crippen LogP contribution in [0.3, 0.4) is 0 Å². The maximum absolute atomic E-state index is 13.4. The van der Waals surface area contributed by atoms with Crippen LogP contribution in [0.2, 0.25) is 0 Å². The van der Waals surface area contributed by atoms with E-state index in [0.29, 0.717) is 5.75 Å². The van der Waals surface area contributed by atoms with Crippen molar-refractivity contribution in [3.05, 3.63) is 53.9 Å². The molecule has 21 heavy (non-hydrogen) atoms. The van der Waals surface area contributed by atoms with Crippen LogP contribution in [0.25, 0.3) is 0 Å². The fourth-order valence-electron chi connectivity index (χ4n) is 2.15. The van der Waals surface area contributed by atoms with E-state index in [1.54, 1.807) is 18.6 Å². The van der Waals surface area contributed by atoms with Gasteiger partial charge in [0.05, 0.1) is 24.5 Å². The third kappa shape index (κ3) is 4.23. The van der Waals surface area contributed by atoms with Crippen LogP contribution in [-0.2, 0) is 0 Å². The third-order valence-electron chi connectivity index (χ3n) is 2.91. The van der Waals surface area contributed by atoms with Crippen LogP contribution >= 0.6 is 0 Å². The predicted molar refractivity (Wildman–Crippen MR) is 79.7 cm³/mol. The van der Waals surface area contributed by atoms with Gasteiger partial charge in [0.2, 0.25) is 0 Å². The molecule has 0 saturated heterocycles. The molecule has 0 aliphatic carbocycles. The molecule has 2 aromatic rings. The molecule has 1 atom stereocenters. The fraction of sp³-hybridized carbons (Fsp3) is 0.375. The number of nitrogens with zero attached hydrogens (tertiary/aromatic N) is 2. The highest BCUT2D eigenvalue weighted by molar-refractivity contribution is 5.33. The molecule has 2 heterocycles. The maximum atomic E-state index is 13.4. The highest BCUT2D eigenvalue weighted by Crippen LogP contribution is 2.24. The summed E-state index contributed by atoms with van der Waals surface area (Å²) in [6.45, 7) is 6.67. The van der Waals surface area contributed by atoms with E-state index in [4.69, 9.17) is 4.74 Å². The molecule has 0 bridgehead atoms. The van der Waals surface area contributed by atoms with Gasteiger partial charge in [0, 0.05) is 12.4 Å². The van der Waals surface area contributed by atoms with Crippen LogP contribution in [0.15, 0.2) is 36.9 Å². The molecular weight excluding hydrogens is 269 g/mol. The van der Waals surface area contributed by atoms with Crippen LogP contribution in [0, 0.1) is 5.82 Å². The molecule has 0 amide bonds. The first kappa shape index (κ1) is 15.4. The third-order valence-corrected chi connectivity index (χ3v) is 2.91. The van der Waals surface area contributed by atoms with E-state index in [1.807, 2.05) is 26.8 Å². The molecular formula is C16H20FN3O. The molecule has 0 aliphatic rings. The van der Waals surface area contributed by atoms with Crippen molar-refractivity contribution in [2.24, 2.45) is 0 Å². The minimum absolute atomic E-state index is 0.0791. The van der Waals surface area contributed by atoms with E-state index in [9.17, 15) is 4.39 Å². The first-order valence-electron chi connectivity index (χ1n) is 7.05. The Bertz CT molecular complexity index is 589. The summed E-state index contributed by atoms with van der Waals surface area (Å²) in [4.78, 5) is 8.13. The quantitative estimate of drug-likeness (QED) is 0.887. The molecule has 0 aromatic carbocycles. The summed E-state index contributed by atoms with van der Waals surface area (Å²) in [5, 5.41) is 3.32. The standard InChI is InChI=1S/C16H20FN3O/c1-4-20-16(12-5-14(17)9-18-7-12)13-6-15(10-19-8-13)21-11(2)3/h5-11,16,20H,4H2,1-3H3. The van der Waals surface area contributed by atoms with Crippen LogP contribution in [-0.4, -0.2) is 22.6 Å². The van der Waals surface area contributed by atoms with Gasteiger partial charge in [0.1, 0.15) is 11.6 Å². The van der Waals surface area contributed by atoms with E-state index in [0.717, 1.165) is 17.7 Å². The van der Waals surface area contributed by atoms with Crippen molar-refractivity contribution >= 4 is 0 Å². The van der Waals surface area contributed by atoms with Gasteiger partial charge in [-0.05, 0) is 43.7 Å². The summed E-state index contributed by atoms with van der Waals surface area (Å²) in [5.74, 6) is 0.354. The van der Waals surface area contributed by atoms with Crippen LogP contribution in [0.1, 0.15) is 37.9 Å². The first-order chi connectivity index (χ1) is 10.1. The summed E-state index contributed by atoms with van der Waals surface area (Å²) in [6.07, 6.45) is 6.37. The normalized spacial score (nSPS) is 12.4. The van der Waals surface area contributed by atoms with Gasteiger partial charge in [-0.15, -0.1) is 0 Å². The highest BCUT2D eigenvalue weighted by atomic mass is 19.1. The number of halogens is 1. The fourth-order valence-corrected chi connectivity index (χ4v) is 2.15. The molecule has 1 unspecified atom stereocenters. The van der Waals surface area contributed by atoms with Crippen molar-refractivity contribution in [1.82, 2.24) is 15.3 Å². The average Bonchev–Trinajstić information content (AvgIpc) is 2.44. The number of pyridine rings is 2. The lowest BCUT2D eigenvalue weighted by Crippen LogP contribution is -2.22. The van der Waals surface area contributed by atoms with Crippen molar-refractivity contribution in [3.63, 3.8) is 0 Å². The van der Waals surface area contributed by atoms with Crippen LogP contribution < -0.4 is 10.1 Å². The monoisotopic (exact) mass is 289 g/mol. The number of hydrogen-bond donors (Lipinski definition) is 1. The summed E-state index contributed by atoms with van der Waals surface area (Å²) in [6, 6.07) is 3.24. The molecule has 0 fully saturated rings. The van der Waals surface area contributed by atoms with Crippen molar-refractivity contribution in [2.75, 3.05) is 6.54 Å². The lowest BCUT2D eigenvalue weighted by atomic mass is 10.0. The zero-order valence-corrected chi connectivity index (χ0v) is 12.5. The second-order valence-electron chi connectivity index (χ2n) is 5.05. The summed E-state index contributed by atoms with van der Waals surface area (Å²) < 4.78 is 19.1. The Morgan fingerprint density at radius 3 is 2.38 bits per heavy atom. The largest absolute Gasteiger partial charge is 0.489 e. The number of rotatable bonds is 6. The lowest BCUT2D eigenvalue weighted by Gasteiger charge is -2.19. The van der Waals surface area contributed by atoms with Gasteiger partial charge >= 0.3 is 0 Å². The van der Waals surface area contributed by atoms with Crippen molar-refractivity contribution in [3.8, 4) is 5.75 Å². The molecule has 0 aliphatic heterocycles. The van der Waals surface area contributed by atoms with E-state index in [1.165, 1.54) is 12.3 Å². The summed E-state index contributed by atoms with van der Waals surface area (Å²) in [7, 11) is 0. The molecule has 2 aromatic heterocycles. The highest BCUT2D eigenvalue weighted by Gasteiger charge is 2.15. The number of aromatic nitrogens is 2. The number of hydrogen-bond acceptors (Lipinski definition) is 4. The minimum Gasteiger partial charge on any atom is -0.489 e. The maximum Gasteiger partial charge on any atom is 0.141 e. The number of nitrogens with one attached hydrogen (secondary N) is 1. The van der Waals surface area contributed by atoms with Gasteiger partial charge in [-0.1, -0.05) is 6.92 Å². The molecule has 2 rings (SSSR count). The van der Waals surface area contributed by atoms with Gasteiger partial charge in [0.15, 0.2) is 0 Å². The Kier molecular flexibility index (Phi) is 5.22. The van der Waals surface area contributed by atoms with Crippen LogP contribution in [0.4, 0.5) is 4.39 Å². The Balaban J connectivity index is 2.34. The van der Waals surface area contributed by atoms with Crippen molar-refractivity contribution < 1.29 is 9.13 Å². The molecule has 0 saturated carbocycles. The Labute approximate surface area is 124 Å². The zero-order chi connectivity index (χ0) is 15.2. The molecule has 0 radical (unpaired) electrons. The van der Waals surface area contributed by atoms with Gasteiger partial charge in [-0.3, -0.25) is 9.97 Å². The molecule has 112 valence electrons. The van der Waals surface area contributed by atoms with E-state index in [-0.39, 0.29) is 18.0 Å². The minimum atomic E-state index is -0.349. The first-order valence-corrected chi connectivity index (χ1v) is 7.05. The van der Waals surface area contributed by atoms with Gasteiger partial charge in [-0.25, -0.2) is 4.39 Å². The Hall–Kier alpha value is -2.01. The number of ether oxygens (including phenoxy) is 1. The van der Waals surface area contributed by atoms with E-state index >= 15 is 0 Å². The van der Waals surface area contributed by atoms with Crippen LogP contribution in [0.5, 0.6) is 5.75 Å². The van der Waals surface area contributed by atoms with E-state index < -0.39 is 0 Å². The SMILES string of the molecule is CCNC(c1cncc(F)c1)c1cncc(OC(C)C)c1. The van der Waals surface area contributed by atoms with Gasteiger partial charge in [-0.2, -0.15) is 0 Å². The van der Waals surface area contributed by atoms with Crippen molar-refractivity contribution in [1.29, 1.82) is 0 Å². The lowest BCUT2D eigenvalue weighted by molar-refractivity contribution is 0.241. The predicted octanol–water partition coefficient (Wildman–Crippen LogP) is 3.10. The van der Waals surface area contributed by atoms with Gasteiger partial charge in [0.25, 0.3) is 0 Å². The molecule has 1 N–H and O–H groups in total. The second kappa shape index (κ2) is 7.13. The average molecular weight is 289 g/mol.